The highest BCUT2D eigenvalue weighted by atomic mass is 35.5. The lowest BCUT2D eigenvalue weighted by atomic mass is 10.2. The lowest BCUT2D eigenvalue weighted by Gasteiger charge is -2.19. The van der Waals surface area contributed by atoms with Crippen molar-refractivity contribution in [2.45, 2.75) is 25.8 Å². The zero-order valence-corrected chi connectivity index (χ0v) is 13.5. The molecule has 3 rings (SSSR count). The molecule has 0 radical (unpaired) electrons. The van der Waals surface area contributed by atoms with Gasteiger partial charge in [0.2, 0.25) is 0 Å². The first-order chi connectivity index (χ1) is 10.2. The number of hydrogen-bond acceptors (Lipinski definition) is 3. The van der Waals surface area contributed by atoms with E-state index in [0.29, 0.717) is 6.54 Å². The molecule has 0 amide bonds. The summed E-state index contributed by atoms with van der Waals surface area (Å²) in [5.41, 5.74) is 8.25. The highest BCUT2D eigenvalue weighted by Gasteiger charge is 2.20. The lowest BCUT2D eigenvalue weighted by molar-refractivity contribution is 0.585. The predicted molar refractivity (Wildman–Crippen MR) is 90.3 cm³/mol. The maximum atomic E-state index is 6.09. The summed E-state index contributed by atoms with van der Waals surface area (Å²) in [6.07, 6.45) is 2.01. The summed E-state index contributed by atoms with van der Waals surface area (Å²) in [5.74, 6) is 1.10. The van der Waals surface area contributed by atoms with Gasteiger partial charge < -0.3 is 10.3 Å². The highest BCUT2D eigenvalue weighted by Crippen LogP contribution is 2.32. The van der Waals surface area contributed by atoms with Crippen LogP contribution in [0.4, 0.5) is 0 Å². The molecule has 0 bridgehead atoms. The monoisotopic (exact) mass is 319 g/mol. The number of para-hydroxylation sites is 2. The fraction of sp³-hybridized carbons (Fsp3) is 0.312. The molecule has 0 aliphatic carbocycles. The Morgan fingerprint density at radius 3 is 2.76 bits per heavy atom. The minimum absolute atomic E-state index is 0.0939. The van der Waals surface area contributed by atoms with Crippen molar-refractivity contribution in [2.24, 2.45) is 5.73 Å². The molecule has 1 atom stereocenters. The summed E-state index contributed by atoms with van der Waals surface area (Å²) < 4.78 is 3.07. The van der Waals surface area contributed by atoms with Crippen LogP contribution < -0.4 is 5.73 Å². The van der Waals surface area contributed by atoms with Crippen molar-refractivity contribution in [3.8, 4) is 0 Å². The van der Waals surface area contributed by atoms with Crippen molar-refractivity contribution in [3.05, 3.63) is 51.4 Å². The normalized spacial score (nSPS) is 12.9. The van der Waals surface area contributed by atoms with Crippen LogP contribution in [0.2, 0.25) is 4.34 Å². The molecule has 5 heteroatoms. The van der Waals surface area contributed by atoms with Crippen molar-refractivity contribution in [1.82, 2.24) is 9.55 Å². The molecule has 110 valence electrons. The standard InChI is InChI=1S/C16H18ClN3S/c1-2-5-16-19-11-6-3-4-7-12(11)20(16)13(10-18)14-8-9-15(17)21-14/h3-4,6-9,13H,2,5,10,18H2,1H3. The average molecular weight is 320 g/mol. The number of aromatic nitrogens is 2. The van der Waals surface area contributed by atoms with Crippen LogP contribution in [-0.2, 0) is 6.42 Å². The van der Waals surface area contributed by atoms with Crippen LogP contribution >= 0.6 is 22.9 Å². The molecule has 21 heavy (non-hydrogen) atoms. The minimum atomic E-state index is 0.0939. The molecule has 3 aromatic rings. The Morgan fingerprint density at radius 2 is 2.10 bits per heavy atom. The number of nitrogens with two attached hydrogens (primary N) is 1. The quantitative estimate of drug-likeness (QED) is 0.764. The lowest BCUT2D eigenvalue weighted by Crippen LogP contribution is -2.21. The van der Waals surface area contributed by atoms with E-state index < -0.39 is 0 Å². The summed E-state index contributed by atoms with van der Waals surface area (Å²) in [6, 6.07) is 12.3. The van der Waals surface area contributed by atoms with E-state index in [1.807, 2.05) is 18.2 Å². The molecular weight excluding hydrogens is 302 g/mol. The van der Waals surface area contributed by atoms with E-state index in [0.717, 1.165) is 34.0 Å². The van der Waals surface area contributed by atoms with Crippen LogP contribution in [0.1, 0.15) is 30.1 Å². The van der Waals surface area contributed by atoms with Crippen LogP contribution in [0.15, 0.2) is 36.4 Å². The molecule has 2 aromatic heterocycles. The van der Waals surface area contributed by atoms with E-state index >= 15 is 0 Å². The molecular formula is C16H18ClN3S. The average Bonchev–Trinajstić information content (AvgIpc) is 3.06. The van der Waals surface area contributed by atoms with Crippen LogP contribution in [0.25, 0.3) is 11.0 Å². The number of nitrogens with zero attached hydrogens (tertiary/aromatic N) is 2. The Hall–Kier alpha value is -1.36. The van der Waals surface area contributed by atoms with Gasteiger partial charge in [-0.2, -0.15) is 0 Å². The van der Waals surface area contributed by atoms with Gasteiger partial charge in [-0.05, 0) is 30.7 Å². The number of benzene rings is 1. The Balaban J connectivity index is 2.18. The van der Waals surface area contributed by atoms with Gasteiger partial charge in [0, 0.05) is 17.8 Å². The largest absolute Gasteiger partial charge is 0.328 e. The molecule has 0 spiro atoms. The predicted octanol–water partition coefficient (Wildman–Crippen LogP) is 4.25. The Bertz CT molecular complexity index is 747. The number of rotatable bonds is 5. The molecule has 2 N–H and O–H groups in total. The maximum Gasteiger partial charge on any atom is 0.110 e. The SMILES string of the molecule is CCCc1nc2ccccc2n1C(CN)c1ccc(Cl)s1. The molecule has 0 aliphatic rings. The first-order valence-electron chi connectivity index (χ1n) is 7.15. The van der Waals surface area contributed by atoms with Gasteiger partial charge in [-0.3, -0.25) is 0 Å². The first-order valence-corrected chi connectivity index (χ1v) is 8.35. The second-order valence-corrected chi connectivity index (χ2v) is 6.78. The number of fused-ring (bicyclic) bond motifs is 1. The smallest absolute Gasteiger partial charge is 0.110 e. The van der Waals surface area contributed by atoms with Gasteiger partial charge in [0.1, 0.15) is 5.82 Å². The fourth-order valence-electron chi connectivity index (χ4n) is 2.70. The Morgan fingerprint density at radius 1 is 1.29 bits per heavy atom. The van der Waals surface area contributed by atoms with Gasteiger partial charge in [-0.1, -0.05) is 30.7 Å². The third-order valence-corrected chi connectivity index (χ3v) is 4.93. The van der Waals surface area contributed by atoms with Gasteiger partial charge >= 0.3 is 0 Å². The van der Waals surface area contributed by atoms with Gasteiger partial charge in [0.25, 0.3) is 0 Å². The first kappa shape index (κ1) is 14.6. The number of imidazole rings is 1. The zero-order chi connectivity index (χ0) is 14.8. The summed E-state index contributed by atoms with van der Waals surface area (Å²) in [4.78, 5) is 5.97. The van der Waals surface area contributed by atoms with Crippen LogP contribution in [-0.4, -0.2) is 16.1 Å². The number of hydrogen-bond donors (Lipinski definition) is 1. The molecule has 1 aromatic carbocycles. The summed E-state index contributed by atoms with van der Waals surface area (Å²) >= 11 is 7.69. The van der Waals surface area contributed by atoms with Crippen LogP contribution in [0.5, 0.6) is 0 Å². The molecule has 0 aliphatic heterocycles. The minimum Gasteiger partial charge on any atom is -0.328 e. The second kappa shape index (κ2) is 6.18. The van der Waals surface area contributed by atoms with E-state index in [1.165, 1.54) is 4.88 Å². The second-order valence-electron chi connectivity index (χ2n) is 5.03. The van der Waals surface area contributed by atoms with Crippen molar-refractivity contribution >= 4 is 34.0 Å². The Kier molecular flexibility index (Phi) is 4.29. The van der Waals surface area contributed by atoms with E-state index in [2.05, 4.69) is 29.7 Å². The highest BCUT2D eigenvalue weighted by molar-refractivity contribution is 7.16. The Labute approximate surface area is 133 Å². The van der Waals surface area contributed by atoms with Gasteiger partial charge in [-0.25, -0.2) is 4.98 Å². The third kappa shape index (κ3) is 2.71. The van der Waals surface area contributed by atoms with Gasteiger partial charge in [0.15, 0.2) is 0 Å². The molecule has 1 unspecified atom stereocenters. The number of aryl methyl sites for hydroxylation is 1. The molecule has 0 fully saturated rings. The summed E-state index contributed by atoms with van der Waals surface area (Å²) in [5, 5.41) is 0. The van der Waals surface area contributed by atoms with E-state index in [9.17, 15) is 0 Å². The van der Waals surface area contributed by atoms with Crippen molar-refractivity contribution < 1.29 is 0 Å². The topological polar surface area (TPSA) is 43.8 Å². The molecule has 2 heterocycles. The molecule has 0 saturated heterocycles. The van der Waals surface area contributed by atoms with Crippen molar-refractivity contribution in [2.75, 3.05) is 6.54 Å². The van der Waals surface area contributed by atoms with Crippen molar-refractivity contribution in [3.63, 3.8) is 0 Å². The van der Waals surface area contributed by atoms with Crippen molar-refractivity contribution in [1.29, 1.82) is 0 Å². The summed E-state index contributed by atoms with van der Waals surface area (Å²) in [6.45, 7) is 2.71. The van der Waals surface area contributed by atoms with Gasteiger partial charge in [0.05, 0.1) is 21.4 Å². The van der Waals surface area contributed by atoms with E-state index in [4.69, 9.17) is 22.3 Å². The van der Waals surface area contributed by atoms with Gasteiger partial charge in [-0.15, -0.1) is 11.3 Å². The van der Waals surface area contributed by atoms with E-state index in [-0.39, 0.29) is 6.04 Å². The number of halogens is 1. The number of thiophene rings is 1. The van der Waals surface area contributed by atoms with Crippen LogP contribution in [0.3, 0.4) is 0 Å². The fourth-order valence-corrected chi connectivity index (χ4v) is 3.86. The van der Waals surface area contributed by atoms with Crippen LogP contribution in [0, 0.1) is 0 Å². The zero-order valence-electron chi connectivity index (χ0n) is 11.9. The summed E-state index contributed by atoms with van der Waals surface area (Å²) in [7, 11) is 0. The molecule has 3 nitrogen and oxygen atoms in total. The molecule has 0 saturated carbocycles. The van der Waals surface area contributed by atoms with E-state index in [1.54, 1.807) is 11.3 Å². The third-order valence-electron chi connectivity index (χ3n) is 3.60. The maximum absolute atomic E-state index is 6.09.